The zero-order valence-electron chi connectivity index (χ0n) is 14.2. The van der Waals surface area contributed by atoms with Gasteiger partial charge in [0.15, 0.2) is 0 Å². The summed E-state index contributed by atoms with van der Waals surface area (Å²) in [4.78, 5) is 14.5. The van der Waals surface area contributed by atoms with Crippen molar-refractivity contribution in [2.24, 2.45) is 11.8 Å². The lowest BCUT2D eigenvalue weighted by molar-refractivity contribution is -0.274. The number of piperidine rings is 1. The van der Waals surface area contributed by atoms with Crippen LogP contribution in [0.3, 0.4) is 0 Å². The Labute approximate surface area is 145 Å². The smallest absolute Gasteiger partial charge is 0.405 e. The van der Waals surface area contributed by atoms with Gasteiger partial charge < -0.3 is 15.0 Å². The van der Waals surface area contributed by atoms with E-state index in [0.29, 0.717) is 17.9 Å². The molecule has 1 aliphatic heterocycles. The Hall–Kier alpha value is -1.76. The second-order valence-electron chi connectivity index (χ2n) is 6.86. The number of benzene rings is 1. The number of amides is 1. The Morgan fingerprint density at radius 1 is 1.28 bits per heavy atom. The van der Waals surface area contributed by atoms with Crippen molar-refractivity contribution in [3.8, 4) is 5.75 Å². The fraction of sp³-hybridized carbons (Fsp3) is 0.611. The number of hydrogen-bond acceptors (Lipinski definition) is 3. The van der Waals surface area contributed by atoms with Gasteiger partial charge in [0, 0.05) is 19.0 Å². The van der Waals surface area contributed by atoms with Gasteiger partial charge in [0.25, 0.3) is 0 Å². The van der Waals surface area contributed by atoms with E-state index in [1.807, 2.05) is 11.9 Å². The van der Waals surface area contributed by atoms with Crippen LogP contribution in [0, 0.1) is 11.8 Å². The minimum absolute atomic E-state index is 0.0646. The van der Waals surface area contributed by atoms with E-state index < -0.39 is 6.36 Å². The molecule has 3 rings (SSSR count). The van der Waals surface area contributed by atoms with Crippen molar-refractivity contribution in [3.05, 3.63) is 29.8 Å². The van der Waals surface area contributed by atoms with Crippen LogP contribution in [0.15, 0.2) is 24.3 Å². The number of rotatable bonds is 5. The third-order valence-electron chi connectivity index (χ3n) is 5.07. The molecule has 1 aromatic rings. The first-order chi connectivity index (χ1) is 11.9. The Balaban J connectivity index is 1.61. The van der Waals surface area contributed by atoms with E-state index in [1.54, 1.807) is 12.1 Å². The van der Waals surface area contributed by atoms with Crippen LogP contribution in [0.25, 0.3) is 0 Å². The molecule has 0 spiro atoms. The molecule has 138 valence electrons. The summed E-state index contributed by atoms with van der Waals surface area (Å²) in [6.07, 6.45) is -2.19. The molecule has 2 aliphatic rings. The zero-order chi connectivity index (χ0) is 18.0. The predicted molar refractivity (Wildman–Crippen MR) is 87.2 cm³/mol. The van der Waals surface area contributed by atoms with Crippen molar-refractivity contribution >= 4 is 5.91 Å². The highest BCUT2D eigenvalue weighted by Crippen LogP contribution is 2.52. The minimum Gasteiger partial charge on any atom is -0.405 e. The second kappa shape index (κ2) is 7.23. The van der Waals surface area contributed by atoms with E-state index in [9.17, 15) is 18.0 Å². The SMILES string of the molecule is CNCC1CCN(C(=O)C2CC2c2ccccc2OC(F)(F)F)CC1. The summed E-state index contributed by atoms with van der Waals surface area (Å²) in [6.45, 7) is 2.42. The zero-order valence-corrected chi connectivity index (χ0v) is 14.2. The number of carbonyl (C=O) groups is 1. The number of likely N-dealkylation sites (tertiary alicyclic amines) is 1. The summed E-state index contributed by atoms with van der Waals surface area (Å²) in [5.74, 6) is 0.0580. The van der Waals surface area contributed by atoms with Crippen molar-refractivity contribution in [2.45, 2.75) is 31.5 Å². The maximum Gasteiger partial charge on any atom is 0.573 e. The molecule has 1 aromatic carbocycles. The molecule has 25 heavy (non-hydrogen) atoms. The molecule has 0 radical (unpaired) electrons. The molecular formula is C18H23F3N2O2. The summed E-state index contributed by atoms with van der Waals surface area (Å²) in [6, 6.07) is 6.13. The molecule has 2 fully saturated rings. The highest BCUT2D eigenvalue weighted by molar-refractivity contribution is 5.83. The third kappa shape index (κ3) is 4.45. The topological polar surface area (TPSA) is 41.6 Å². The van der Waals surface area contributed by atoms with Gasteiger partial charge in [-0.25, -0.2) is 0 Å². The van der Waals surface area contributed by atoms with E-state index in [0.717, 1.165) is 32.5 Å². The molecule has 2 unspecified atom stereocenters. The van der Waals surface area contributed by atoms with Crippen LogP contribution in [-0.2, 0) is 4.79 Å². The van der Waals surface area contributed by atoms with Crippen LogP contribution >= 0.6 is 0 Å². The Morgan fingerprint density at radius 3 is 2.60 bits per heavy atom. The lowest BCUT2D eigenvalue weighted by Crippen LogP contribution is -2.41. The summed E-state index contributed by atoms with van der Waals surface area (Å²) in [5.41, 5.74) is 0.475. The first-order valence-electron chi connectivity index (χ1n) is 8.67. The number of hydrogen-bond donors (Lipinski definition) is 1. The van der Waals surface area contributed by atoms with E-state index >= 15 is 0 Å². The molecule has 7 heteroatoms. The van der Waals surface area contributed by atoms with E-state index in [-0.39, 0.29) is 23.5 Å². The molecule has 1 saturated heterocycles. The highest BCUT2D eigenvalue weighted by Gasteiger charge is 2.48. The summed E-state index contributed by atoms with van der Waals surface area (Å²) < 4.78 is 41.8. The Morgan fingerprint density at radius 2 is 1.96 bits per heavy atom. The van der Waals surface area contributed by atoms with Gasteiger partial charge in [0.05, 0.1) is 0 Å². The van der Waals surface area contributed by atoms with Gasteiger partial charge in [-0.2, -0.15) is 0 Å². The molecule has 2 atom stereocenters. The molecule has 4 nitrogen and oxygen atoms in total. The fourth-order valence-electron chi connectivity index (χ4n) is 3.70. The molecule has 0 bridgehead atoms. The average molecular weight is 356 g/mol. The number of nitrogens with zero attached hydrogens (tertiary/aromatic N) is 1. The van der Waals surface area contributed by atoms with Gasteiger partial charge in [-0.05, 0) is 56.3 Å². The fourth-order valence-corrected chi connectivity index (χ4v) is 3.70. The number of ether oxygens (including phenoxy) is 1. The molecule has 1 aliphatic carbocycles. The van der Waals surface area contributed by atoms with Gasteiger partial charge >= 0.3 is 6.36 Å². The monoisotopic (exact) mass is 356 g/mol. The maximum absolute atomic E-state index is 12.7. The summed E-state index contributed by atoms with van der Waals surface area (Å²) in [5, 5.41) is 3.16. The number of nitrogens with one attached hydrogen (secondary N) is 1. The quantitative estimate of drug-likeness (QED) is 0.881. The minimum atomic E-state index is -4.72. The van der Waals surface area contributed by atoms with Crippen molar-refractivity contribution in [1.29, 1.82) is 0 Å². The molecule has 1 heterocycles. The maximum atomic E-state index is 12.7. The van der Waals surface area contributed by atoms with Gasteiger partial charge in [-0.1, -0.05) is 18.2 Å². The van der Waals surface area contributed by atoms with Crippen LogP contribution in [0.2, 0.25) is 0 Å². The van der Waals surface area contributed by atoms with E-state index in [2.05, 4.69) is 10.1 Å². The third-order valence-corrected chi connectivity index (χ3v) is 5.07. The first kappa shape index (κ1) is 18.0. The van der Waals surface area contributed by atoms with Gasteiger partial charge in [-0.3, -0.25) is 4.79 Å². The summed E-state index contributed by atoms with van der Waals surface area (Å²) >= 11 is 0. The largest absolute Gasteiger partial charge is 0.573 e. The lowest BCUT2D eigenvalue weighted by Gasteiger charge is -2.32. The van der Waals surface area contributed by atoms with Crippen LogP contribution in [-0.4, -0.2) is 43.9 Å². The molecule has 1 N–H and O–H groups in total. The number of halogens is 3. The van der Waals surface area contributed by atoms with Crippen LogP contribution in [0.4, 0.5) is 13.2 Å². The van der Waals surface area contributed by atoms with E-state index in [4.69, 9.17) is 0 Å². The van der Waals surface area contributed by atoms with E-state index in [1.165, 1.54) is 12.1 Å². The Kier molecular flexibility index (Phi) is 5.22. The van der Waals surface area contributed by atoms with Gasteiger partial charge in [-0.15, -0.1) is 13.2 Å². The van der Waals surface area contributed by atoms with Crippen molar-refractivity contribution in [2.75, 3.05) is 26.7 Å². The number of carbonyl (C=O) groups excluding carboxylic acids is 1. The van der Waals surface area contributed by atoms with Crippen molar-refractivity contribution in [3.63, 3.8) is 0 Å². The first-order valence-corrected chi connectivity index (χ1v) is 8.67. The van der Waals surface area contributed by atoms with Crippen molar-refractivity contribution in [1.82, 2.24) is 10.2 Å². The highest BCUT2D eigenvalue weighted by atomic mass is 19.4. The Bertz CT molecular complexity index is 613. The van der Waals surface area contributed by atoms with Crippen molar-refractivity contribution < 1.29 is 22.7 Å². The van der Waals surface area contributed by atoms with Gasteiger partial charge in [0.1, 0.15) is 5.75 Å². The standard InChI is InChI=1S/C18H23F3N2O2/c1-22-11-12-6-8-23(9-7-12)17(24)15-10-14(15)13-4-2-3-5-16(13)25-18(19,20)21/h2-5,12,14-15,22H,6-11H2,1H3. The lowest BCUT2D eigenvalue weighted by atomic mass is 9.96. The average Bonchev–Trinajstić information content (AvgIpc) is 3.35. The normalized spacial score (nSPS) is 24.2. The predicted octanol–water partition coefficient (Wildman–Crippen LogP) is 3.15. The molecule has 0 aromatic heterocycles. The molecule has 1 amide bonds. The second-order valence-corrected chi connectivity index (χ2v) is 6.86. The molecule has 1 saturated carbocycles. The number of alkyl halides is 3. The van der Waals surface area contributed by atoms with Crippen LogP contribution < -0.4 is 10.1 Å². The van der Waals surface area contributed by atoms with Gasteiger partial charge in [0.2, 0.25) is 5.91 Å². The van der Waals surface area contributed by atoms with Crippen LogP contribution in [0.5, 0.6) is 5.75 Å². The molecular weight excluding hydrogens is 333 g/mol. The van der Waals surface area contributed by atoms with Crippen LogP contribution in [0.1, 0.15) is 30.7 Å². The summed E-state index contributed by atoms with van der Waals surface area (Å²) in [7, 11) is 1.92. The number of para-hydroxylation sites is 1.